The van der Waals surface area contributed by atoms with Crippen LogP contribution in [-0.4, -0.2) is 9.55 Å². The molecule has 0 N–H and O–H groups in total. The molecule has 0 atom stereocenters. The van der Waals surface area contributed by atoms with Gasteiger partial charge in [-0.1, -0.05) is 15.9 Å². The third-order valence-electron chi connectivity index (χ3n) is 2.52. The molecule has 2 nitrogen and oxygen atoms in total. The van der Waals surface area contributed by atoms with Gasteiger partial charge in [-0.3, -0.25) is 0 Å². The van der Waals surface area contributed by atoms with Gasteiger partial charge in [0.25, 0.3) is 0 Å². The Morgan fingerprint density at radius 3 is 3.06 bits per heavy atom. The summed E-state index contributed by atoms with van der Waals surface area (Å²) in [5.74, 6) is 0. The zero-order chi connectivity index (χ0) is 11.0. The van der Waals surface area contributed by atoms with Crippen LogP contribution in [0.4, 0.5) is 0 Å². The van der Waals surface area contributed by atoms with Crippen LogP contribution in [-0.2, 0) is 6.54 Å². The summed E-state index contributed by atoms with van der Waals surface area (Å²) in [6.45, 7) is 0.850. The number of fused-ring (bicyclic) bond motifs is 1. The van der Waals surface area contributed by atoms with E-state index in [1.807, 2.05) is 11.6 Å². The number of rotatable bonds is 2. The van der Waals surface area contributed by atoms with Gasteiger partial charge in [0.15, 0.2) is 0 Å². The molecular formula is C12H9BrN2S. The molecule has 1 aromatic carbocycles. The maximum absolute atomic E-state index is 4.30. The van der Waals surface area contributed by atoms with Gasteiger partial charge in [-0.15, -0.1) is 11.3 Å². The maximum atomic E-state index is 4.30. The molecule has 0 saturated heterocycles. The first-order valence-corrected chi connectivity index (χ1v) is 6.63. The van der Waals surface area contributed by atoms with Crippen molar-refractivity contribution in [3.63, 3.8) is 0 Å². The minimum absolute atomic E-state index is 0.850. The van der Waals surface area contributed by atoms with Crippen LogP contribution >= 0.6 is 27.3 Å². The lowest BCUT2D eigenvalue weighted by Crippen LogP contribution is -1.96. The van der Waals surface area contributed by atoms with Gasteiger partial charge in [0.2, 0.25) is 0 Å². The van der Waals surface area contributed by atoms with Crippen LogP contribution in [0.25, 0.3) is 10.9 Å². The highest BCUT2D eigenvalue weighted by atomic mass is 79.9. The number of aromatic nitrogens is 2. The number of benzene rings is 1. The lowest BCUT2D eigenvalue weighted by atomic mass is 10.2. The summed E-state index contributed by atoms with van der Waals surface area (Å²) in [7, 11) is 0. The van der Waals surface area contributed by atoms with Gasteiger partial charge in [-0.2, -0.15) is 0 Å². The predicted octanol–water partition coefficient (Wildman–Crippen LogP) is 3.91. The number of halogens is 1. The summed E-state index contributed by atoms with van der Waals surface area (Å²) in [5.41, 5.74) is 1.25. The van der Waals surface area contributed by atoms with E-state index in [0.717, 1.165) is 16.0 Å². The van der Waals surface area contributed by atoms with Gasteiger partial charge in [-0.05, 0) is 24.3 Å². The Morgan fingerprint density at radius 2 is 2.25 bits per heavy atom. The molecule has 2 aromatic heterocycles. The van der Waals surface area contributed by atoms with E-state index in [4.69, 9.17) is 0 Å². The van der Waals surface area contributed by atoms with Crippen molar-refractivity contribution in [2.45, 2.75) is 6.54 Å². The molecule has 0 unspecified atom stereocenters. The maximum Gasteiger partial charge on any atom is 0.112 e. The molecule has 0 aliphatic rings. The standard InChI is InChI=1S/C12H9BrN2S/c13-10-1-2-11-9(7-10)3-5-15(11)8-12-14-4-6-16-12/h1-7H,8H2. The van der Waals surface area contributed by atoms with Crippen molar-refractivity contribution in [2.75, 3.05) is 0 Å². The molecule has 2 heterocycles. The smallest absolute Gasteiger partial charge is 0.112 e. The van der Waals surface area contributed by atoms with E-state index in [0.29, 0.717) is 0 Å². The molecule has 0 amide bonds. The number of nitrogens with zero attached hydrogens (tertiary/aromatic N) is 2. The van der Waals surface area contributed by atoms with Crippen LogP contribution in [0.2, 0.25) is 0 Å². The van der Waals surface area contributed by atoms with E-state index in [1.165, 1.54) is 10.9 Å². The minimum atomic E-state index is 0.850. The van der Waals surface area contributed by atoms with Gasteiger partial charge in [0.05, 0.1) is 6.54 Å². The Kier molecular flexibility index (Phi) is 2.53. The van der Waals surface area contributed by atoms with E-state index in [-0.39, 0.29) is 0 Å². The van der Waals surface area contributed by atoms with E-state index in [9.17, 15) is 0 Å². The van der Waals surface area contributed by atoms with E-state index in [2.05, 4.69) is 55.9 Å². The number of thiazole rings is 1. The zero-order valence-corrected chi connectivity index (χ0v) is 10.8. The fourth-order valence-corrected chi connectivity index (χ4v) is 2.78. The molecule has 0 fully saturated rings. The van der Waals surface area contributed by atoms with Crippen molar-refractivity contribution < 1.29 is 0 Å². The van der Waals surface area contributed by atoms with Crippen molar-refractivity contribution in [3.05, 3.63) is 51.5 Å². The summed E-state index contributed by atoms with van der Waals surface area (Å²) >= 11 is 5.17. The molecule has 0 radical (unpaired) electrons. The Labute approximate surface area is 106 Å². The minimum Gasteiger partial charge on any atom is -0.341 e. The van der Waals surface area contributed by atoms with Crippen LogP contribution in [0.5, 0.6) is 0 Å². The Balaban J connectivity index is 2.04. The van der Waals surface area contributed by atoms with E-state index in [1.54, 1.807) is 11.3 Å². The summed E-state index contributed by atoms with van der Waals surface area (Å²) in [5, 5.41) is 4.41. The van der Waals surface area contributed by atoms with E-state index < -0.39 is 0 Å². The third-order valence-corrected chi connectivity index (χ3v) is 3.78. The first kappa shape index (κ1) is 10.1. The van der Waals surface area contributed by atoms with Gasteiger partial charge in [0.1, 0.15) is 5.01 Å². The fraction of sp³-hybridized carbons (Fsp3) is 0.0833. The lowest BCUT2D eigenvalue weighted by Gasteiger charge is -2.02. The first-order chi connectivity index (χ1) is 7.83. The van der Waals surface area contributed by atoms with Crippen LogP contribution in [0.1, 0.15) is 5.01 Å². The van der Waals surface area contributed by atoms with Crippen molar-refractivity contribution in [1.82, 2.24) is 9.55 Å². The Morgan fingerprint density at radius 1 is 1.31 bits per heavy atom. The van der Waals surface area contributed by atoms with Crippen molar-refractivity contribution in [3.8, 4) is 0 Å². The molecule has 0 aliphatic heterocycles. The highest BCUT2D eigenvalue weighted by Crippen LogP contribution is 2.21. The monoisotopic (exact) mass is 292 g/mol. The number of hydrogen-bond donors (Lipinski definition) is 0. The zero-order valence-electron chi connectivity index (χ0n) is 8.43. The lowest BCUT2D eigenvalue weighted by molar-refractivity contribution is 0.828. The summed E-state index contributed by atoms with van der Waals surface area (Å²) in [6.07, 6.45) is 3.96. The summed E-state index contributed by atoms with van der Waals surface area (Å²) in [4.78, 5) is 4.30. The first-order valence-electron chi connectivity index (χ1n) is 4.96. The highest BCUT2D eigenvalue weighted by Gasteiger charge is 2.03. The second-order valence-electron chi connectivity index (χ2n) is 3.57. The van der Waals surface area contributed by atoms with Crippen LogP contribution < -0.4 is 0 Å². The topological polar surface area (TPSA) is 17.8 Å². The Hall–Kier alpha value is -1.13. The molecule has 16 heavy (non-hydrogen) atoms. The van der Waals surface area contributed by atoms with Crippen molar-refractivity contribution in [1.29, 1.82) is 0 Å². The second-order valence-corrected chi connectivity index (χ2v) is 5.47. The van der Waals surface area contributed by atoms with Crippen LogP contribution in [0.15, 0.2) is 46.5 Å². The van der Waals surface area contributed by atoms with Gasteiger partial charge in [-0.25, -0.2) is 4.98 Å². The summed E-state index contributed by atoms with van der Waals surface area (Å²) < 4.78 is 3.34. The van der Waals surface area contributed by atoms with Crippen LogP contribution in [0.3, 0.4) is 0 Å². The fourth-order valence-electron chi connectivity index (χ4n) is 1.79. The van der Waals surface area contributed by atoms with Crippen molar-refractivity contribution in [2.24, 2.45) is 0 Å². The van der Waals surface area contributed by atoms with Gasteiger partial charge in [0, 0.05) is 33.1 Å². The van der Waals surface area contributed by atoms with Gasteiger partial charge < -0.3 is 4.57 Å². The van der Waals surface area contributed by atoms with Crippen LogP contribution in [0, 0.1) is 0 Å². The average molecular weight is 293 g/mol. The molecule has 80 valence electrons. The normalized spacial score (nSPS) is 11.1. The third kappa shape index (κ3) is 1.79. The number of hydrogen-bond acceptors (Lipinski definition) is 2. The van der Waals surface area contributed by atoms with Crippen molar-refractivity contribution >= 4 is 38.2 Å². The molecule has 0 spiro atoms. The molecule has 0 saturated carbocycles. The molecule has 3 aromatic rings. The molecule has 0 bridgehead atoms. The Bertz CT molecular complexity index is 613. The highest BCUT2D eigenvalue weighted by molar-refractivity contribution is 9.10. The molecule has 3 rings (SSSR count). The molecular weight excluding hydrogens is 284 g/mol. The predicted molar refractivity (Wildman–Crippen MR) is 70.9 cm³/mol. The quantitative estimate of drug-likeness (QED) is 0.700. The van der Waals surface area contributed by atoms with E-state index >= 15 is 0 Å². The summed E-state index contributed by atoms with van der Waals surface area (Å²) in [6, 6.07) is 8.47. The van der Waals surface area contributed by atoms with Gasteiger partial charge >= 0.3 is 0 Å². The molecule has 0 aliphatic carbocycles. The second kappa shape index (κ2) is 4.03. The SMILES string of the molecule is Brc1ccc2c(ccn2Cc2nccs2)c1. The molecule has 4 heteroatoms. The average Bonchev–Trinajstić information content (AvgIpc) is 2.89. The largest absolute Gasteiger partial charge is 0.341 e.